The van der Waals surface area contributed by atoms with Crippen molar-refractivity contribution in [2.75, 3.05) is 0 Å². The molecule has 0 saturated heterocycles. The van der Waals surface area contributed by atoms with E-state index in [4.69, 9.17) is 5.11 Å². The van der Waals surface area contributed by atoms with Gasteiger partial charge in [-0.1, -0.05) is 22.0 Å². The Labute approximate surface area is 128 Å². The predicted molar refractivity (Wildman–Crippen MR) is 82.1 cm³/mol. The maximum absolute atomic E-state index is 13.9. The molecule has 0 spiro atoms. The Hall–Kier alpha value is -2.14. The quantitative estimate of drug-likeness (QED) is 0.767. The Bertz CT molecular complexity index is 841. The number of halogens is 2. The van der Waals surface area contributed by atoms with E-state index >= 15 is 0 Å². The maximum Gasteiger partial charge on any atom is 0.335 e. The minimum absolute atomic E-state index is 0.0871. The maximum atomic E-state index is 13.9. The van der Waals surface area contributed by atoms with Crippen LogP contribution < -0.4 is 0 Å². The number of carbonyl (C=O) groups is 1. The molecule has 0 aliphatic rings. The van der Waals surface area contributed by atoms with Crippen molar-refractivity contribution in [1.29, 1.82) is 0 Å². The zero-order valence-electron chi connectivity index (χ0n) is 10.9. The van der Waals surface area contributed by atoms with Gasteiger partial charge >= 0.3 is 5.97 Å². The van der Waals surface area contributed by atoms with Crippen molar-refractivity contribution in [2.24, 2.45) is 0 Å². The second-order valence-electron chi connectivity index (χ2n) is 4.73. The summed E-state index contributed by atoms with van der Waals surface area (Å²) in [5.74, 6) is -1.46. The fourth-order valence-electron chi connectivity index (χ4n) is 2.34. The molecule has 3 aromatic rings. The Morgan fingerprint density at radius 3 is 2.81 bits per heavy atom. The summed E-state index contributed by atoms with van der Waals surface area (Å²) in [7, 11) is 0. The second-order valence-corrected chi connectivity index (χ2v) is 5.58. The first kappa shape index (κ1) is 13.8. The van der Waals surface area contributed by atoms with Crippen molar-refractivity contribution in [3.63, 3.8) is 0 Å². The lowest BCUT2D eigenvalue weighted by molar-refractivity contribution is 0.0696. The second kappa shape index (κ2) is 5.33. The molecule has 5 heteroatoms. The van der Waals surface area contributed by atoms with Crippen LogP contribution in [-0.2, 0) is 6.54 Å². The molecule has 0 aliphatic heterocycles. The van der Waals surface area contributed by atoms with E-state index in [1.54, 1.807) is 0 Å². The van der Waals surface area contributed by atoms with Crippen LogP contribution in [0.2, 0.25) is 0 Å². The summed E-state index contributed by atoms with van der Waals surface area (Å²) in [5, 5.41) is 10.0. The minimum Gasteiger partial charge on any atom is -0.478 e. The van der Waals surface area contributed by atoms with E-state index in [0.29, 0.717) is 5.56 Å². The normalized spacial score (nSPS) is 11.0. The molecule has 106 valence electrons. The lowest BCUT2D eigenvalue weighted by Crippen LogP contribution is -2.04. The van der Waals surface area contributed by atoms with Gasteiger partial charge in [0.25, 0.3) is 0 Å². The molecule has 21 heavy (non-hydrogen) atoms. The predicted octanol–water partition coefficient (Wildman–Crippen LogP) is 4.29. The molecule has 3 rings (SSSR count). The van der Waals surface area contributed by atoms with E-state index in [9.17, 15) is 9.18 Å². The highest BCUT2D eigenvalue weighted by Crippen LogP contribution is 2.25. The molecule has 0 saturated carbocycles. The molecule has 0 unspecified atom stereocenters. The lowest BCUT2D eigenvalue weighted by Gasteiger charge is -2.08. The average molecular weight is 348 g/mol. The van der Waals surface area contributed by atoms with Gasteiger partial charge in [0.1, 0.15) is 5.82 Å². The standard InChI is InChI=1S/C16H11BrFNO2/c17-13-2-1-3-15-12(13)6-7-19(15)9-11-8-10(16(20)21)4-5-14(11)18/h1-8H,9H2,(H,20,21). The van der Waals surface area contributed by atoms with Crippen LogP contribution in [-0.4, -0.2) is 15.6 Å². The highest BCUT2D eigenvalue weighted by molar-refractivity contribution is 9.10. The summed E-state index contributed by atoms with van der Waals surface area (Å²) < 4.78 is 16.8. The largest absolute Gasteiger partial charge is 0.478 e. The van der Waals surface area contributed by atoms with E-state index < -0.39 is 11.8 Å². The summed E-state index contributed by atoms with van der Waals surface area (Å²) in [6, 6.07) is 11.6. The Morgan fingerprint density at radius 1 is 1.24 bits per heavy atom. The zero-order valence-corrected chi connectivity index (χ0v) is 12.5. The molecule has 0 atom stereocenters. The van der Waals surface area contributed by atoms with Crippen molar-refractivity contribution >= 4 is 32.8 Å². The number of aromatic carboxylic acids is 1. The van der Waals surface area contributed by atoms with Crippen LogP contribution in [0.4, 0.5) is 4.39 Å². The molecular weight excluding hydrogens is 337 g/mol. The van der Waals surface area contributed by atoms with E-state index in [1.165, 1.54) is 18.2 Å². The van der Waals surface area contributed by atoms with Crippen molar-refractivity contribution in [1.82, 2.24) is 4.57 Å². The number of carboxylic acids is 1. The van der Waals surface area contributed by atoms with Gasteiger partial charge < -0.3 is 9.67 Å². The van der Waals surface area contributed by atoms with Gasteiger partial charge in [0.15, 0.2) is 0 Å². The minimum atomic E-state index is -1.06. The van der Waals surface area contributed by atoms with Gasteiger partial charge in [-0.05, 0) is 36.4 Å². The van der Waals surface area contributed by atoms with Crippen LogP contribution in [0.5, 0.6) is 0 Å². The first-order chi connectivity index (χ1) is 10.1. The number of carboxylic acid groups (broad SMARTS) is 1. The van der Waals surface area contributed by atoms with E-state index in [-0.39, 0.29) is 12.1 Å². The molecule has 3 nitrogen and oxygen atoms in total. The molecule has 0 fully saturated rings. The van der Waals surface area contributed by atoms with Gasteiger partial charge in [-0.25, -0.2) is 9.18 Å². The van der Waals surface area contributed by atoms with Crippen molar-refractivity contribution in [2.45, 2.75) is 6.54 Å². The number of hydrogen-bond donors (Lipinski definition) is 1. The average Bonchev–Trinajstić information content (AvgIpc) is 2.86. The van der Waals surface area contributed by atoms with Gasteiger partial charge in [0, 0.05) is 27.1 Å². The topological polar surface area (TPSA) is 42.2 Å². The van der Waals surface area contributed by atoms with Gasteiger partial charge in [-0.2, -0.15) is 0 Å². The monoisotopic (exact) mass is 347 g/mol. The van der Waals surface area contributed by atoms with Crippen molar-refractivity contribution in [3.05, 3.63) is 70.1 Å². The lowest BCUT2D eigenvalue weighted by atomic mass is 10.1. The van der Waals surface area contributed by atoms with E-state index in [0.717, 1.165) is 15.4 Å². The number of hydrogen-bond acceptors (Lipinski definition) is 1. The SMILES string of the molecule is O=C(O)c1ccc(F)c(Cn2ccc3c(Br)cccc32)c1. The summed E-state index contributed by atoms with van der Waals surface area (Å²) in [4.78, 5) is 11.0. The van der Waals surface area contributed by atoms with Crippen molar-refractivity contribution in [3.8, 4) is 0 Å². The molecule has 1 heterocycles. The highest BCUT2D eigenvalue weighted by Gasteiger charge is 2.10. The first-order valence-corrected chi connectivity index (χ1v) is 7.10. The molecular formula is C16H11BrFNO2. The van der Waals surface area contributed by atoms with Crippen LogP contribution in [0.15, 0.2) is 53.1 Å². The number of benzene rings is 2. The van der Waals surface area contributed by atoms with E-state index in [1.807, 2.05) is 35.0 Å². The summed E-state index contributed by atoms with van der Waals surface area (Å²) >= 11 is 3.48. The van der Waals surface area contributed by atoms with Crippen LogP contribution >= 0.6 is 15.9 Å². The van der Waals surface area contributed by atoms with Crippen LogP contribution in [0.25, 0.3) is 10.9 Å². The third-order valence-corrected chi connectivity index (χ3v) is 4.09. The number of nitrogens with zero attached hydrogens (tertiary/aromatic N) is 1. The molecule has 0 amide bonds. The Kier molecular flexibility index (Phi) is 3.51. The third-order valence-electron chi connectivity index (χ3n) is 3.39. The summed E-state index contributed by atoms with van der Waals surface area (Å²) in [5.41, 5.74) is 1.40. The Morgan fingerprint density at radius 2 is 2.05 bits per heavy atom. The van der Waals surface area contributed by atoms with Gasteiger partial charge in [0.2, 0.25) is 0 Å². The molecule has 1 aromatic heterocycles. The van der Waals surface area contributed by atoms with Crippen LogP contribution in [0.1, 0.15) is 15.9 Å². The fourth-order valence-corrected chi connectivity index (χ4v) is 2.82. The Balaban J connectivity index is 2.04. The third kappa shape index (κ3) is 2.56. The fraction of sp³-hybridized carbons (Fsp3) is 0.0625. The van der Waals surface area contributed by atoms with Gasteiger partial charge in [-0.3, -0.25) is 0 Å². The van der Waals surface area contributed by atoms with Crippen LogP contribution in [0.3, 0.4) is 0 Å². The smallest absolute Gasteiger partial charge is 0.335 e. The number of aromatic nitrogens is 1. The summed E-state index contributed by atoms with van der Waals surface area (Å²) in [6.07, 6.45) is 1.86. The number of fused-ring (bicyclic) bond motifs is 1. The molecule has 2 aromatic carbocycles. The molecule has 0 aliphatic carbocycles. The zero-order chi connectivity index (χ0) is 15.0. The summed E-state index contributed by atoms with van der Waals surface area (Å²) in [6.45, 7) is 0.285. The van der Waals surface area contributed by atoms with E-state index in [2.05, 4.69) is 15.9 Å². The molecule has 0 bridgehead atoms. The van der Waals surface area contributed by atoms with Crippen LogP contribution in [0, 0.1) is 5.82 Å². The number of rotatable bonds is 3. The van der Waals surface area contributed by atoms with Gasteiger partial charge in [-0.15, -0.1) is 0 Å². The molecule has 0 radical (unpaired) electrons. The van der Waals surface area contributed by atoms with Gasteiger partial charge in [0.05, 0.1) is 12.1 Å². The van der Waals surface area contributed by atoms with Crippen molar-refractivity contribution < 1.29 is 14.3 Å². The molecule has 1 N–H and O–H groups in total. The highest BCUT2D eigenvalue weighted by atomic mass is 79.9. The first-order valence-electron chi connectivity index (χ1n) is 6.31.